The molecule has 21 heavy (non-hydrogen) atoms. The molecule has 1 aromatic carbocycles. The lowest BCUT2D eigenvalue weighted by Crippen LogP contribution is -2.32. The second-order valence-electron chi connectivity index (χ2n) is 4.69. The van der Waals surface area contributed by atoms with Crippen molar-refractivity contribution >= 4 is 5.91 Å². The molecule has 3 N–H and O–H groups in total. The number of hydrogen-bond acceptors (Lipinski definition) is 3. The third-order valence-electron chi connectivity index (χ3n) is 3.22. The second kappa shape index (κ2) is 6.01. The number of amides is 1. The topological polar surface area (TPSA) is 72.9 Å². The van der Waals surface area contributed by atoms with Crippen molar-refractivity contribution < 1.29 is 13.6 Å². The van der Waals surface area contributed by atoms with Crippen LogP contribution in [0.5, 0.6) is 0 Å². The Hall–Kier alpha value is -2.28. The van der Waals surface area contributed by atoms with Crippen LogP contribution in [0.25, 0.3) is 5.69 Å². The van der Waals surface area contributed by atoms with E-state index >= 15 is 0 Å². The number of carbonyl (C=O) groups is 1. The minimum absolute atomic E-state index is 0.107. The van der Waals surface area contributed by atoms with Crippen LogP contribution in [0.1, 0.15) is 24.2 Å². The summed E-state index contributed by atoms with van der Waals surface area (Å²) in [5, 5.41) is 6.81. The van der Waals surface area contributed by atoms with Crippen molar-refractivity contribution in [3.8, 4) is 5.69 Å². The molecule has 2 rings (SSSR count). The van der Waals surface area contributed by atoms with E-state index < -0.39 is 11.6 Å². The lowest BCUT2D eigenvalue weighted by atomic mass is 10.1. The van der Waals surface area contributed by atoms with Gasteiger partial charge in [-0.05, 0) is 26.0 Å². The van der Waals surface area contributed by atoms with E-state index in [0.29, 0.717) is 5.69 Å². The first kappa shape index (κ1) is 15.1. The fourth-order valence-corrected chi connectivity index (χ4v) is 2.12. The molecule has 1 atom stereocenters. The number of nitrogens with zero attached hydrogens (tertiary/aromatic N) is 2. The first-order valence-electron chi connectivity index (χ1n) is 6.43. The van der Waals surface area contributed by atoms with Crippen LogP contribution in [0, 0.1) is 18.6 Å². The second-order valence-corrected chi connectivity index (χ2v) is 4.69. The zero-order chi connectivity index (χ0) is 15.6. The van der Waals surface area contributed by atoms with E-state index in [9.17, 15) is 13.6 Å². The van der Waals surface area contributed by atoms with Gasteiger partial charge in [0.25, 0.3) is 0 Å². The van der Waals surface area contributed by atoms with Gasteiger partial charge in [0.15, 0.2) is 5.82 Å². The van der Waals surface area contributed by atoms with Crippen LogP contribution in [-0.2, 0) is 4.79 Å². The van der Waals surface area contributed by atoms with Gasteiger partial charge in [-0.15, -0.1) is 0 Å². The molecule has 1 heterocycles. The number of nitrogens with two attached hydrogens (primary N) is 1. The summed E-state index contributed by atoms with van der Waals surface area (Å²) in [6.45, 7) is 3.42. The number of benzene rings is 1. The molecule has 0 fully saturated rings. The number of aromatic nitrogens is 2. The molecule has 7 heteroatoms. The molecular formula is C14H16F2N4O. The molecule has 0 aliphatic rings. The van der Waals surface area contributed by atoms with E-state index in [2.05, 4.69) is 10.4 Å². The highest BCUT2D eigenvalue weighted by molar-refractivity contribution is 5.78. The third kappa shape index (κ3) is 3.08. The summed E-state index contributed by atoms with van der Waals surface area (Å²) in [6, 6.07) is 2.98. The smallest absolute Gasteiger partial charge is 0.234 e. The van der Waals surface area contributed by atoms with Crippen LogP contribution in [0.4, 0.5) is 8.78 Å². The van der Waals surface area contributed by atoms with Crippen LogP contribution in [-0.4, -0.2) is 22.2 Å². The molecule has 1 amide bonds. The molecule has 112 valence electrons. The minimum Gasteiger partial charge on any atom is -0.348 e. The molecule has 2 aromatic rings. The predicted octanol–water partition coefficient (Wildman–Crippen LogP) is 1.59. The molecule has 0 saturated carbocycles. The van der Waals surface area contributed by atoms with Crippen LogP contribution in [0.2, 0.25) is 0 Å². The first-order valence-corrected chi connectivity index (χ1v) is 6.43. The Labute approximate surface area is 120 Å². The van der Waals surface area contributed by atoms with E-state index in [1.807, 2.05) is 0 Å². The number of rotatable bonds is 4. The summed E-state index contributed by atoms with van der Waals surface area (Å²) in [5.74, 6) is -1.64. The minimum atomic E-state index is -0.702. The van der Waals surface area contributed by atoms with Gasteiger partial charge in [0.05, 0.1) is 18.8 Å². The summed E-state index contributed by atoms with van der Waals surface area (Å²) in [4.78, 5) is 11.3. The number of halogens is 2. The molecule has 0 bridgehead atoms. The SMILES string of the molecule is Cc1c(C(C)NC(=O)CN)cnn1-c1ccc(F)cc1F. The number of nitrogens with one attached hydrogen (secondary N) is 1. The van der Waals surface area contributed by atoms with Gasteiger partial charge in [-0.3, -0.25) is 4.79 Å². The quantitative estimate of drug-likeness (QED) is 0.899. The molecule has 0 aliphatic carbocycles. The highest BCUT2D eigenvalue weighted by Crippen LogP contribution is 2.22. The van der Waals surface area contributed by atoms with Crippen LogP contribution in [0.3, 0.4) is 0 Å². The van der Waals surface area contributed by atoms with Gasteiger partial charge in [0.2, 0.25) is 5.91 Å². The lowest BCUT2D eigenvalue weighted by molar-refractivity contribution is -0.120. The molecule has 0 saturated heterocycles. The fourth-order valence-electron chi connectivity index (χ4n) is 2.12. The Morgan fingerprint density at radius 2 is 2.19 bits per heavy atom. The van der Waals surface area contributed by atoms with Crippen LogP contribution < -0.4 is 11.1 Å². The lowest BCUT2D eigenvalue weighted by Gasteiger charge is -2.13. The highest BCUT2D eigenvalue weighted by Gasteiger charge is 2.17. The van der Waals surface area contributed by atoms with Gasteiger partial charge in [0, 0.05) is 17.3 Å². The molecule has 0 spiro atoms. The van der Waals surface area contributed by atoms with Crippen molar-refractivity contribution in [1.29, 1.82) is 0 Å². The average molecular weight is 294 g/mol. The Kier molecular flexibility index (Phi) is 4.32. The van der Waals surface area contributed by atoms with Crippen molar-refractivity contribution in [3.63, 3.8) is 0 Å². The maximum absolute atomic E-state index is 13.8. The van der Waals surface area contributed by atoms with Gasteiger partial charge in [-0.1, -0.05) is 0 Å². The first-order chi connectivity index (χ1) is 9.93. The van der Waals surface area contributed by atoms with Gasteiger partial charge < -0.3 is 11.1 Å². The third-order valence-corrected chi connectivity index (χ3v) is 3.22. The maximum Gasteiger partial charge on any atom is 0.234 e. The number of hydrogen-bond donors (Lipinski definition) is 2. The van der Waals surface area contributed by atoms with E-state index in [1.165, 1.54) is 16.8 Å². The molecule has 0 aliphatic heterocycles. The standard InChI is InChI=1S/C14H16F2N4O/c1-8(19-14(21)6-17)11-7-18-20(9(11)2)13-4-3-10(15)5-12(13)16/h3-5,7-8H,6,17H2,1-2H3,(H,19,21). The highest BCUT2D eigenvalue weighted by atomic mass is 19.1. The Balaban J connectivity index is 2.34. The van der Waals surface area contributed by atoms with Crippen molar-refractivity contribution in [2.75, 3.05) is 6.54 Å². The summed E-state index contributed by atoms with van der Waals surface area (Å²) in [7, 11) is 0. The summed E-state index contributed by atoms with van der Waals surface area (Å²) in [5.41, 5.74) is 6.79. The Morgan fingerprint density at radius 1 is 1.48 bits per heavy atom. The van der Waals surface area contributed by atoms with Crippen molar-refractivity contribution in [3.05, 3.63) is 47.3 Å². The van der Waals surface area contributed by atoms with Gasteiger partial charge in [-0.25, -0.2) is 13.5 Å². The zero-order valence-electron chi connectivity index (χ0n) is 11.7. The maximum atomic E-state index is 13.8. The van der Waals surface area contributed by atoms with E-state index in [1.54, 1.807) is 20.0 Å². The molecular weight excluding hydrogens is 278 g/mol. The molecule has 1 unspecified atom stereocenters. The van der Waals surface area contributed by atoms with Crippen molar-refractivity contribution in [2.24, 2.45) is 5.73 Å². The van der Waals surface area contributed by atoms with Crippen molar-refractivity contribution in [2.45, 2.75) is 19.9 Å². The predicted molar refractivity (Wildman–Crippen MR) is 73.8 cm³/mol. The summed E-state index contributed by atoms with van der Waals surface area (Å²) < 4.78 is 28.1. The molecule has 5 nitrogen and oxygen atoms in total. The molecule has 0 radical (unpaired) electrons. The van der Waals surface area contributed by atoms with E-state index in [-0.39, 0.29) is 24.2 Å². The Morgan fingerprint density at radius 3 is 2.81 bits per heavy atom. The monoisotopic (exact) mass is 294 g/mol. The van der Waals surface area contributed by atoms with Gasteiger partial charge in [-0.2, -0.15) is 5.10 Å². The summed E-state index contributed by atoms with van der Waals surface area (Å²) >= 11 is 0. The van der Waals surface area contributed by atoms with Gasteiger partial charge >= 0.3 is 0 Å². The van der Waals surface area contributed by atoms with E-state index in [4.69, 9.17) is 5.73 Å². The number of carbonyl (C=O) groups excluding carboxylic acids is 1. The van der Waals surface area contributed by atoms with Crippen LogP contribution in [0.15, 0.2) is 24.4 Å². The largest absolute Gasteiger partial charge is 0.348 e. The average Bonchev–Trinajstić information content (AvgIpc) is 2.80. The normalized spacial score (nSPS) is 12.2. The Bertz CT molecular complexity index is 669. The zero-order valence-corrected chi connectivity index (χ0v) is 11.7. The van der Waals surface area contributed by atoms with Gasteiger partial charge in [0.1, 0.15) is 11.5 Å². The van der Waals surface area contributed by atoms with Crippen LogP contribution >= 0.6 is 0 Å². The van der Waals surface area contributed by atoms with E-state index in [0.717, 1.165) is 11.6 Å². The summed E-state index contributed by atoms with van der Waals surface area (Å²) in [6.07, 6.45) is 1.54. The fraction of sp³-hybridized carbons (Fsp3) is 0.286. The van der Waals surface area contributed by atoms with Crippen molar-refractivity contribution in [1.82, 2.24) is 15.1 Å². The molecule has 1 aromatic heterocycles.